The van der Waals surface area contributed by atoms with Crippen molar-refractivity contribution in [2.75, 3.05) is 39.6 Å². The second-order valence-electron chi connectivity index (χ2n) is 26.7. The summed E-state index contributed by atoms with van der Waals surface area (Å²) in [4.78, 5) is 72.5. The van der Waals surface area contributed by atoms with Crippen LogP contribution in [0.15, 0.2) is 0 Å². The van der Waals surface area contributed by atoms with E-state index < -0.39 is 97.5 Å². The number of carbonyl (C=O) groups excluding carboxylic acids is 4. The molecule has 0 saturated heterocycles. The molecule has 4 unspecified atom stereocenters. The van der Waals surface area contributed by atoms with Gasteiger partial charge in [-0.05, 0) is 49.4 Å². The molecule has 0 rings (SSSR count). The summed E-state index contributed by atoms with van der Waals surface area (Å²) in [5.41, 5.74) is 0. The Hall–Kier alpha value is -1.94. The lowest BCUT2D eigenvalue weighted by Crippen LogP contribution is -2.30. The van der Waals surface area contributed by atoms with E-state index in [1.54, 1.807) is 0 Å². The molecule has 17 nitrogen and oxygen atoms in total. The van der Waals surface area contributed by atoms with E-state index in [4.69, 9.17) is 37.0 Å². The van der Waals surface area contributed by atoms with Crippen LogP contribution in [-0.4, -0.2) is 96.7 Å². The van der Waals surface area contributed by atoms with Crippen molar-refractivity contribution in [1.82, 2.24) is 0 Å². The number of aliphatic hydroxyl groups excluding tert-OH is 1. The number of carbonyl (C=O) groups is 4. The zero-order valence-electron chi connectivity index (χ0n) is 58.1. The molecule has 7 atom stereocenters. The van der Waals surface area contributed by atoms with E-state index >= 15 is 0 Å². The van der Waals surface area contributed by atoms with Crippen molar-refractivity contribution < 1.29 is 80.2 Å². The Labute approximate surface area is 543 Å². The fraction of sp³-hybridized carbons (Fsp3) is 0.943. The highest BCUT2D eigenvalue weighted by Gasteiger charge is 2.30. The summed E-state index contributed by atoms with van der Waals surface area (Å²) in [5, 5.41) is 10.6. The Morgan fingerprint density at radius 3 is 0.798 bits per heavy atom. The van der Waals surface area contributed by atoms with E-state index in [0.29, 0.717) is 25.7 Å². The molecule has 19 heteroatoms. The van der Waals surface area contributed by atoms with Crippen molar-refractivity contribution in [2.45, 2.75) is 363 Å². The highest BCUT2D eigenvalue weighted by Crippen LogP contribution is 2.45. The van der Waals surface area contributed by atoms with Gasteiger partial charge in [0.2, 0.25) is 0 Å². The molecule has 528 valence electrons. The SMILES string of the molecule is CCC(C)CCCCCCCCCCC(=O)O[C@H](COC(=O)CCCCCCCCCCCCCCCC(C)C)COP(=O)(O)OC[C@@H](O)COP(=O)(O)OC[C@@H](COC(=O)CCCCCCCCC(C)CC)OC(=O)CCCCCCCCCCC(C)C. The van der Waals surface area contributed by atoms with Crippen LogP contribution in [0, 0.1) is 23.7 Å². The van der Waals surface area contributed by atoms with Crippen LogP contribution in [0.4, 0.5) is 0 Å². The molecule has 0 aromatic heterocycles. The molecule has 3 N–H and O–H groups in total. The molecule has 0 fully saturated rings. The highest BCUT2D eigenvalue weighted by molar-refractivity contribution is 7.47. The van der Waals surface area contributed by atoms with Crippen LogP contribution in [0.2, 0.25) is 0 Å². The molecule has 0 aromatic carbocycles. The lowest BCUT2D eigenvalue weighted by Gasteiger charge is -2.21. The maximum Gasteiger partial charge on any atom is 0.472 e. The van der Waals surface area contributed by atoms with Gasteiger partial charge in [-0.3, -0.25) is 37.3 Å². The van der Waals surface area contributed by atoms with Crippen molar-refractivity contribution in [1.29, 1.82) is 0 Å². The number of rotatable bonds is 67. The van der Waals surface area contributed by atoms with Crippen molar-refractivity contribution in [3.63, 3.8) is 0 Å². The Morgan fingerprint density at radius 1 is 0.315 bits per heavy atom. The molecule has 0 aliphatic rings. The van der Waals surface area contributed by atoms with Gasteiger partial charge in [0.15, 0.2) is 12.2 Å². The third-order valence-electron chi connectivity index (χ3n) is 16.8. The number of hydrogen-bond acceptors (Lipinski definition) is 15. The first-order valence-electron chi connectivity index (χ1n) is 36.3. The van der Waals surface area contributed by atoms with Gasteiger partial charge in [0.05, 0.1) is 26.4 Å². The quantitative estimate of drug-likeness (QED) is 0.0222. The van der Waals surface area contributed by atoms with Crippen LogP contribution in [-0.2, 0) is 65.4 Å². The summed E-state index contributed by atoms with van der Waals surface area (Å²) in [6, 6.07) is 0. The molecule has 0 spiro atoms. The van der Waals surface area contributed by atoms with Gasteiger partial charge < -0.3 is 33.8 Å². The first-order chi connectivity index (χ1) is 42.7. The summed E-state index contributed by atoms with van der Waals surface area (Å²) in [6.45, 7) is 14.1. The predicted molar refractivity (Wildman–Crippen MR) is 358 cm³/mol. The van der Waals surface area contributed by atoms with E-state index in [0.717, 1.165) is 120 Å². The summed E-state index contributed by atoms with van der Waals surface area (Å²) in [5.74, 6) is 0.877. The van der Waals surface area contributed by atoms with Gasteiger partial charge in [-0.25, -0.2) is 9.13 Å². The molecule has 0 bridgehead atoms. The van der Waals surface area contributed by atoms with Gasteiger partial charge in [-0.2, -0.15) is 0 Å². The van der Waals surface area contributed by atoms with Crippen LogP contribution < -0.4 is 0 Å². The average Bonchev–Trinajstić information content (AvgIpc) is 3.70. The lowest BCUT2D eigenvalue weighted by atomic mass is 9.99. The van der Waals surface area contributed by atoms with Gasteiger partial charge in [0.25, 0.3) is 0 Å². The third-order valence-corrected chi connectivity index (χ3v) is 18.7. The molecule has 89 heavy (non-hydrogen) atoms. The normalized spacial score (nSPS) is 14.9. The topological polar surface area (TPSA) is 237 Å². The van der Waals surface area contributed by atoms with Crippen molar-refractivity contribution in [3.05, 3.63) is 0 Å². The molecule has 0 radical (unpaired) electrons. The fourth-order valence-electron chi connectivity index (χ4n) is 10.4. The van der Waals surface area contributed by atoms with Crippen molar-refractivity contribution >= 4 is 39.5 Å². The number of esters is 4. The summed E-state index contributed by atoms with van der Waals surface area (Å²) >= 11 is 0. The van der Waals surface area contributed by atoms with Gasteiger partial charge in [0, 0.05) is 25.7 Å². The Bertz CT molecular complexity index is 1770. The maximum atomic E-state index is 13.0. The lowest BCUT2D eigenvalue weighted by molar-refractivity contribution is -0.161. The zero-order chi connectivity index (χ0) is 66.1. The summed E-state index contributed by atoms with van der Waals surface area (Å²) in [7, 11) is -9.90. The van der Waals surface area contributed by atoms with Crippen LogP contribution in [0.5, 0.6) is 0 Å². The zero-order valence-corrected chi connectivity index (χ0v) is 59.8. The van der Waals surface area contributed by atoms with Gasteiger partial charge >= 0.3 is 39.5 Å². The number of aliphatic hydroxyl groups is 1. The van der Waals surface area contributed by atoms with Crippen LogP contribution in [0.1, 0.15) is 344 Å². The molecular formula is C70H136O17P2. The minimum Gasteiger partial charge on any atom is -0.462 e. The van der Waals surface area contributed by atoms with Gasteiger partial charge in [0.1, 0.15) is 19.3 Å². The Balaban J connectivity index is 5.25. The van der Waals surface area contributed by atoms with Crippen LogP contribution in [0.25, 0.3) is 0 Å². The Morgan fingerprint density at radius 2 is 0.539 bits per heavy atom. The average molecular weight is 1310 g/mol. The van der Waals surface area contributed by atoms with Crippen molar-refractivity contribution in [3.8, 4) is 0 Å². The summed E-state index contributed by atoms with van der Waals surface area (Å²) in [6.07, 6.45) is 41.7. The number of phosphoric acid groups is 2. The molecule has 0 amide bonds. The van der Waals surface area contributed by atoms with Gasteiger partial charge in [-0.1, -0.05) is 293 Å². The van der Waals surface area contributed by atoms with E-state index in [-0.39, 0.29) is 25.7 Å². The summed E-state index contributed by atoms with van der Waals surface area (Å²) < 4.78 is 68.3. The van der Waals surface area contributed by atoms with E-state index in [1.807, 2.05) is 0 Å². The number of unbranched alkanes of at least 4 members (excludes halogenated alkanes) is 31. The molecule has 0 aromatic rings. The Kier molecular flexibility index (Phi) is 58.5. The van der Waals surface area contributed by atoms with Crippen LogP contribution in [0.3, 0.4) is 0 Å². The first kappa shape index (κ1) is 87.1. The maximum absolute atomic E-state index is 13.0. The highest BCUT2D eigenvalue weighted by atomic mass is 31.2. The van der Waals surface area contributed by atoms with Crippen LogP contribution >= 0.6 is 15.6 Å². The van der Waals surface area contributed by atoms with E-state index in [9.17, 15) is 43.2 Å². The number of ether oxygens (including phenoxy) is 4. The molecule has 0 aliphatic heterocycles. The molecule has 0 saturated carbocycles. The molecular weight excluding hydrogens is 1170 g/mol. The largest absolute Gasteiger partial charge is 0.472 e. The third kappa shape index (κ3) is 62.0. The minimum atomic E-state index is -4.95. The fourth-order valence-corrected chi connectivity index (χ4v) is 12.0. The second kappa shape index (κ2) is 59.8. The molecule has 0 heterocycles. The number of hydrogen-bond donors (Lipinski definition) is 3. The van der Waals surface area contributed by atoms with Gasteiger partial charge in [-0.15, -0.1) is 0 Å². The second-order valence-corrected chi connectivity index (χ2v) is 29.6. The van der Waals surface area contributed by atoms with E-state index in [1.165, 1.54) is 141 Å². The minimum absolute atomic E-state index is 0.103. The predicted octanol–water partition coefficient (Wildman–Crippen LogP) is 19.7. The monoisotopic (exact) mass is 1310 g/mol. The van der Waals surface area contributed by atoms with Crippen molar-refractivity contribution in [2.24, 2.45) is 23.7 Å². The smallest absolute Gasteiger partial charge is 0.462 e. The number of phosphoric ester groups is 2. The molecule has 0 aliphatic carbocycles. The first-order valence-corrected chi connectivity index (χ1v) is 39.3. The standard InChI is InChI=1S/C70H136O17P2/c1-9-62(7)48-40-32-24-19-21-27-37-45-53-70(75)86-65(56-80-67(72)50-42-34-25-17-15-13-11-12-14-16-22-30-38-46-60(3)4)58-84-88(76,77)82-54-64(71)55-83-89(78,79)85-59-66(57-81-68(73)51-43-35-29-28-33-41-49-63(8)10-2)87-69(74)52-44-36-26-20-18-23-31-39-47-61(5)6/h60-66,71H,9-59H2,1-8H3,(H,76,77)(H,78,79)/t62?,63?,64-,65-,66-/m1/s1. The van der Waals surface area contributed by atoms with E-state index in [2.05, 4.69) is 55.4 Å².